The maximum absolute atomic E-state index is 9.41. The van der Waals surface area contributed by atoms with Gasteiger partial charge >= 0.3 is 0 Å². The van der Waals surface area contributed by atoms with Crippen molar-refractivity contribution < 1.29 is 5.11 Å². The molecule has 0 aliphatic carbocycles. The van der Waals surface area contributed by atoms with Crippen LogP contribution in [0.3, 0.4) is 0 Å². The van der Waals surface area contributed by atoms with E-state index in [1.165, 1.54) is 5.69 Å². The molecule has 4 heteroatoms. The first-order chi connectivity index (χ1) is 9.88. The molecular formula is C16H19N3O. The number of hydrogen-bond acceptors (Lipinski definition) is 4. The molecule has 1 aromatic carbocycles. The number of aliphatic hydroxyl groups excluding tert-OH is 1. The lowest BCUT2D eigenvalue weighted by molar-refractivity contribution is 0.282. The number of piperazine rings is 1. The summed E-state index contributed by atoms with van der Waals surface area (Å²) in [5.41, 5.74) is 3.29. The van der Waals surface area contributed by atoms with Crippen LogP contribution in [0.2, 0.25) is 0 Å². The highest BCUT2D eigenvalue weighted by Crippen LogP contribution is 2.22. The molecule has 1 aliphatic rings. The minimum Gasteiger partial charge on any atom is -0.392 e. The van der Waals surface area contributed by atoms with Gasteiger partial charge in [-0.15, -0.1) is 0 Å². The van der Waals surface area contributed by atoms with Crippen LogP contribution in [0.4, 0.5) is 11.4 Å². The molecular weight excluding hydrogens is 250 g/mol. The predicted octanol–water partition coefficient (Wildman–Crippen LogP) is 1.90. The Morgan fingerprint density at radius 3 is 2.35 bits per heavy atom. The third-order valence-electron chi connectivity index (χ3n) is 3.80. The lowest BCUT2D eigenvalue weighted by atomic mass is 10.2. The summed E-state index contributed by atoms with van der Waals surface area (Å²) in [4.78, 5) is 8.88. The van der Waals surface area contributed by atoms with Gasteiger partial charge in [0.05, 0.1) is 18.5 Å². The zero-order valence-electron chi connectivity index (χ0n) is 11.4. The molecule has 20 heavy (non-hydrogen) atoms. The minimum absolute atomic E-state index is 0.0662. The fourth-order valence-electron chi connectivity index (χ4n) is 2.68. The highest BCUT2D eigenvalue weighted by atomic mass is 16.3. The number of para-hydroxylation sites is 1. The number of aromatic nitrogens is 1. The summed E-state index contributed by atoms with van der Waals surface area (Å²) in [7, 11) is 0. The first-order valence-electron chi connectivity index (χ1n) is 6.97. The van der Waals surface area contributed by atoms with Gasteiger partial charge in [0.25, 0.3) is 0 Å². The van der Waals surface area contributed by atoms with E-state index >= 15 is 0 Å². The maximum Gasteiger partial charge on any atom is 0.0703 e. The third kappa shape index (κ3) is 2.60. The van der Waals surface area contributed by atoms with E-state index in [-0.39, 0.29) is 6.61 Å². The highest BCUT2D eigenvalue weighted by molar-refractivity contribution is 5.54. The lowest BCUT2D eigenvalue weighted by Crippen LogP contribution is -2.46. The van der Waals surface area contributed by atoms with Crippen molar-refractivity contribution in [3.05, 3.63) is 54.4 Å². The molecule has 0 radical (unpaired) electrons. The van der Waals surface area contributed by atoms with Crippen molar-refractivity contribution >= 4 is 11.4 Å². The van der Waals surface area contributed by atoms with Gasteiger partial charge in [-0.1, -0.05) is 18.2 Å². The number of rotatable bonds is 3. The van der Waals surface area contributed by atoms with Crippen LogP contribution in [0.15, 0.2) is 48.8 Å². The van der Waals surface area contributed by atoms with Gasteiger partial charge < -0.3 is 14.9 Å². The summed E-state index contributed by atoms with van der Waals surface area (Å²) < 4.78 is 0. The predicted molar refractivity (Wildman–Crippen MR) is 81.0 cm³/mol. The molecule has 0 spiro atoms. The first kappa shape index (κ1) is 12.9. The second-order valence-electron chi connectivity index (χ2n) is 4.97. The van der Waals surface area contributed by atoms with E-state index in [0.29, 0.717) is 0 Å². The van der Waals surface area contributed by atoms with Gasteiger partial charge in [0.2, 0.25) is 0 Å². The van der Waals surface area contributed by atoms with Crippen molar-refractivity contribution in [3.63, 3.8) is 0 Å². The van der Waals surface area contributed by atoms with Crippen LogP contribution in [0, 0.1) is 0 Å². The fraction of sp³-hybridized carbons (Fsp3) is 0.312. The normalized spacial score (nSPS) is 15.4. The Labute approximate surface area is 119 Å². The molecule has 1 fully saturated rings. The number of aliphatic hydroxyl groups is 1. The van der Waals surface area contributed by atoms with Crippen molar-refractivity contribution in [2.45, 2.75) is 6.61 Å². The van der Waals surface area contributed by atoms with E-state index in [1.54, 1.807) is 6.20 Å². The molecule has 1 aliphatic heterocycles. The number of anilines is 2. The van der Waals surface area contributed by atoms with E-state index in [9.17, 15) is 5.11 Å². The fourth-order valence-corrected chi connectivity index (χ4v) is 2.68. The van der Waals surface area contributed by atoms with Gasteiger partial charge in [0.15, 0.2) is 0 Å². The van der Waals surface area contributed by atoms with Crippen molar-refractivity contribution in [1.29, 1.82) is 0 Å². The summed E-state index contributed by atoms with van der Waals surface area (Å²) in [6, 6.07) is 12.4. The van der Waals surface area contributed by atoms with E-state index in [2.05, 4.69) is 39.0 Å². The topological polar surface area (TPSA) is 39.6 Å². The Morgan fingerprint density at radius 2 is 1.65 bits per heavy atom. The zero-order chi connectivity index (χ0) is 13.8. The molecule has 4 nitrogen and oxygen atoms in total. The molecule has 0 saturated carbocycles. The maximum atomic E-state index is 9.41. The monoisotopic (exact) mass is 269 g/mol. The third-order valence-corrected chi connectivity index (χ3v) is 3.80. The zero-order valence-corrected chi connectivity index (χ0v) is 11.4. The SMILES string of the molecule is OCc1ccncc1N1CCN(c2ccccc2)CC1. The molecule has 0 unspecified atom stereocenters. The first-order valence-corrected chi connectivity index (χ1v) is 6.97. The summed E-state index contributed by atoms with van der Waals surface area (Å²) in [6.07, 6.45) is 3.58. The quantitative estimate of drug-likeness (QED) is 0.924. The second kappa shape index (κ2) is 5.92. The number of pyridine rings is 1. The van der Waals surface area contributed by atoms with Gasteiger partial charge in [-0.2, -0.15) is 0 Å². The van der Waals surface area contributed by atoms with Crippen molar-refractivity contribution in [2.24, 2.45) is 0 Å². The van der Waals surface area contributed by atoms with E-state index in [4.69, 9.17) is 0 Å². The van der Waals surface area contributed by atoms with Crippen molar-refractivity contribution in [3.8, 4) is 0 Å². The van der Waals surface area contributed by atoms with Crippen molar-refractivity contribution in [1.82, 2.24) is 4.98 Å². The molecule has 2 aromatic rings. The van der Waals surface area contributed by atoms with E-state index in [1.807, 2.05) is 18.3 Å². The minimum atomic E-state index is 0.0662. The van der Waals surface area contributed by atoms with Gasteiger partial charge in [-0.05, 0) is 18.2 Å². The lowest BCUT2D eigenvalue weighted by Gasteiger charge is -2.37. The summed E-state index contributed by atoms with van der Waals surface area (Å²) in [6.45, 7) is 3.95. The number of nitrogens with zero attached hydrogens (tertiary/aromatic N) is 3. The van der Waals surface area contributed by atoms with Crippen molar-refractivity contribution in [2.75, 3.05) is 36.0 Å². The number of benzene rings is 1. The Balaban J connectivity index is 1.70. The van der Waals surface area contributed by atoms with Crippen LogP contribution in [-0.4, -0.2) is 36.3 Å². The van der Waals surface area contributed by atoms with Gasteiger partial charge in [-0.25, -0.2) is 0 Å². The molecule has 2 heterocycles. The van der Waals surface area contributed by atoms with Crippen LogP contribution in [0.5, 0.6) is 0 Å². The highest BCUT2D eigenvalue weighted by Gasteiger charge is 2.19. The summed E-state index contributed by atoms with van der Waals surface area (Å²) >= 11 is 0. The Kier molecular flexibility index (Phi) is 3.83. The van der Waals surface area contributed by atoms with E-state index in [0.717, 1.165) is 37.4 Å². The summed E-state index contributed by atoms with van der Waals surface area (Å²) in [5.74, 6) is 0. The van der Waals surface area contributed by atoms with Gasteiger partial charge in [0.1, 0.15) is 0 Å². The van der Waals surface area contributed by atoms with E-state index < -0.39 is 0 Å². The van der Waals surface area contributed by atoms with Crippen LogP contribution in [0.1, 0.15) is 5.56 Å². The molecule has 1 saturated heterocycles. The van der Waals surface area contributed by atoms with Crippen LogP contribution < -0.4 is 9.80 Å². The molecule has 1 N–H and O–H groups in total. The van der Waals surface area contributed by atoms with Crippen LogP contribution >= 0.6 is 0 Å². The smallest absolute Gasteiger partial charge is 0.0703 e. The number of hydrogen-bond donors (Lipinski definition) is 1. The molecule has 104 valence electrons. The standard InChI is InChI=1S/C16H19N3O/c20-13-14-6-7-17-12-16(14)19-10-8-18(9-11-19)15-4-2-1-3-5-15/h1-7,12,20H,8-11,13H2. The van der Waals surface area contributed by atoms with Gasteiger partial charge in [-0.3, -0.25) is 4.98 Å². The molecule has 3 rings (SSSR count). The average Bonchev–Trinajstić information content (AvgIpc) is 2.56. The Hall–Kier alpha value is -2.07. The Bertz CT molecular complexity index is 551. The van der Waals surface area contributed by atoms with Gasteiger partial charge in [0, 0.05) is 43.6 Å². The molecule has 0 amide bonds. The second-order valence-corrected chi connectivity index (χ2v) is 4.97. The molecule has 0 bridgehead atoms. The van der Waals surface area contributed by atoms with Crippen LogP contribution in [0.25, 0.3) is 0 Å². The Morgan fingerprint density at radius 1 is 0.950 bits per heavy atom. The average molecular weight is 269 g/mol. The molecule has 1 aromatic heterocycles. The van der Waals surface area contributed by atoms with Crippen LogP contribution in [-0.2, 0) is 6.61 Å². The largest absolute Gasteiger partial charge is 0.392 e. The summed E-state index contributed by atoms with van der Waals surface area (Å²) in [5, 5.41) is 9.41. The molecule has 0 atom stereocenters.